The fraction of sp³-hybridized carbons (Fsp3) is 0. The highest BCUT2D eigenvalue weighted by Crippen LogP contribution is 2.51. The molecule has 8 aromatic rings. The molecule has 9 rings (SSSR count). The van der Waals surface area contributed by atoms with Gasteiger partial charge in [0, 0.05) is 10.9 Å². The van der Waals surface area contributed by atoms with Crippen molar-refractivity contribution in [2.45, 2.75) is 0 Å². The topological polar surface area (TPSA) is 9.23 Å². The minimum atomic E-state index is -1.03. The molecule has 1 aliphatic heterocycles. The molecule has 8 aromatic carbocycles. The zero-order chi connectivity index (χ0) is 50.1. The molecule has 1 nitrogen and oxygen atoms in total. The zero-order valence-corrected chi connectivity index (χ0v) is 21.5. The van der Waals surface area contributed by atoms with Gasteiger partial charge in [0.1, 0.15) is 11.5 Å². The van der Waals surface area contributed by atoms with Gasteiger partial charge < -0.3 is 4.74 Å². The quantitative estimate of drug-likeness (QED) is 0.192. The van der Waals surface area contributed by atoms with E-state index in [-0.39, 0.29) is 22.3 Å². The maximum Gasteiger partial charge on any atom is 0.135 e. The Morgan fingerprint density at radius 2 is 0.953 bits per heavy atom. The van der Waals surface area contributed by atoms with Crippen LogP contribution >= 0.6 is 0 Å². The van der Waals surface area contributed by atoms with Gasteiger partial charge in [0.2, 0.25) is 0 Å². The van der Waals surface area contributed by atoms with Gasteiger partial charge in [0.15, 0.2) is 0 Å². The molecule has 0 saturated carbocycles. The predicted molar refractivity (Wildman–Crippen MR) is 181 cm³/mol. The molecule has 200 valence electrons. The molecular formula is C42H26O. The lowest BCUT2D eigenvalue weighted by atomic mass is 9.83. The van der Waals surface area contributed by atoms with Crippen LogP contribution in [0.1, 0.15) is 34.3 Å². The Labute approximate surface area is 285 Å². The minimum Gasteiger partial charge on any atom is -0.456 e. The van der Waals surface area contributed by atoms with Crippen LogP contribution in [0.2, 0.25) is 0 Å². The van der Waals surface area contributed by atoms with Crippen LogP contribution in [0, 0.1) is 0 Å². The lowest BCUT2D eigenvalue weighted by Crippen LogP contribution is -1.98. The summed E-state index contributed by atoms with van der Waals surface area (Å²) in [5.74, 6) is -0.812. The Hall–Kier alpha value is -5.66. The van der Waals surface area contributed by atoms with Gasteiger partial charge in [0.25, 0.3) is 0 Å². The third-order valence-corrected chi connectivity index (χ3v) is 7.07. The molecule has 0 aliphatic carbocycles. The first-order valence-electron chi connectivity index (χ1n) is 25.2. The monoisotopic (exact) mass is 571 g/mol. The van der Waals surface area contributed by atoms with E-state index >= 15 is 0 Å². The first kappa shape index (κ1) is 9.97. The lowest BCUT2D eigenvalue weighted by molar-refractivity contribution is 0.487. The third-order valence-electron chi connectivity index (χ3n) is 7.07. The normalized spacial score (nSPS) is 20.0. The Balaban J connectivity index is 1.63. The van der Waals surface area contributed by atoms with Crippen LogP contribution in [0.4, 0.5) is 0 Å². The van der Waals surface area contributed by atoms with Crippen LogP contribution in [0.3, 0.4) is 0 Å². The van der Waals surface area contributed by atoms with Crippen molar-refractivity contribution in [1.82, 2.24) is 0 Å². The summed E-state index contributed by atoms with van der Waals surface area (Å²) in [6.45, 7) is 0. The molecule has 1 heteroatoms. The summed E-state index contributed by atoms with van der Waals surface area (Å²) in [4.78, 5) is 0. The summed E-state index contributed by atoms with van der Waals surface area (Å²) < 4.78 is 230. The first-order chi connectivity index (χ1) is 31.7. The molecular weight excluding hydrogens is 520 g/mol. The third kappa shape index (κ3) is 3.65. The summed E-state index contributed by atoms with van der Waals surface area (Å²) in [5, 5.41) is -3.76. The molecule has 0 unspecified atom stereocenters. The van der Waals surface area contributed by atoms with E-state index in [1.54, 1.807) is 0 Å². The predicted octanol–water partition coefficient (Wildman–Crippen LogP) is 11.9. The van der Waals surface area contributed by atoms with E-state index in [9.17, 15) is 12.3 Å². The first-order valence-corrected chi connectivity index (χ1v) is 12.7. The van der Waals surface area contributed by atoms with E-state index < -0.39 is 217 Å². The van der Waals surface area contributed by atoms with Gasteiger partial charge in [-0.3, -0.25) is 0 Å². The maximum absolute atomic E-state index is 9.60. The second kappa shape index (κ2) is 9.44. The van der Waals surface area contributed by atoms with Crippen molar-refractivity contribution in [3.8, 4) is 56.0 Å². The number of hydrogen-bond acceptors (Lipinski definition) is 1. The fourth-order valence-corrected chi connectivity index (χ4v) is 5.32. The average Bonchev–Trinajstić information content (AvgIpc) is 3.31. The molecule has 43 heavy (non-hydrogen) atoms. The Bertz CT molecular complexity index is 3660. The van der Waals surface area contributed by atoms with E-state index in [1.165, 1.54) is 0 Å². The van der Waals surface area contributed by atoms with Crippen molar-refractivity contribution in [2.75, 3.05) is 0 Å². The SMILES string of the molecule is [2H]c1cc2c(c([2H])c1[2H])-c1c([2H])c([2H])c([2H])c3c(-c4c5c([2H])c([2H])c([2H])c([2H])c5c(-c5c([2H])c([2H])c([2H])c(-c6c([2H])c([2H])c([2H])c([2H])c6[2H])c5[2H])c5c([2H])c([2H])c([2H])c([2H])c45)c([2H])c([2H])c(c13)O2. The second-order valence-electron chi connectivity index (χ2n) is 9.33. The van der Waals surface area contributed by atoms with Crippen LogP contribution in [0.15, 0.2) is 157 Å². The molecule has 0 N–H and O–H groups in total. The van der Waals surface area contributed by atoms with Crippen molar-refractivity contribution < 1.29 is 39.0 Å². The largest absolute Gasteiger partial charge is 0.456 e. The van der Waals surface area contributed by atoms with Gasteiger partial charge in [-0.2, -0.15) is 0 Å². The maximum atomic E-state index is 9.60. The summed E-state index contributed by atoms with van der Waals surface area (Å²) in [7, 11) is 0. The number of para-hydroxylation sites is 1. The summed E-state index contributed by atoms with van der Waals surface area (Å²) >= 11 is 0. The van der Waals surface area contributed by atoms with Gasteiger partial charge >= 0.3 is 0 Å². The number of hydrogen-bond donors (Lipinski definition) is 0. The Morgan fingerprint density at radius 1 is 0.372 bits per heavy atom. The number of fused-ring (bicyclic) bond motifs is 4. The van der Waals surface area contributed by atoms with Gasteiger partial charge in [-0.05, 0) is 90.1 Å². The van der Waals surface area contributed by atoms with E-state index in [1.807, 2.05) is 0 Å². The number of ether oxygens (including phenoxy) is 1. The van der Waals surface area contributed by atoms with Gasteiger partial charge in [-0.25, -0.2) is 0 Å². The smallest absolute Gasteiger partial charge is 0.135 e. The Morgan fingerprint density at radius 3 is 1.72 bits per heavy atom. The Kier molecular flexibility index (Phi) is 2.19. The van der Waals surface area contributed by atoms with E-state index in [4.69, 9.17) is 26.7 Å². The van der Waals surface area contributed by atoms with Gasteiger partial charge in [-0.1, -0.05) is 133 Å². The molecule has 1 heterocycles. The van der Waals surface area contributed by atoms with Crippen LogP contribution < -0.4 is 4.74 Å². The molecule has 0 amide bonds. The number of benzene rings is 8. The van der Waals surface area contributed by atoms with Crippen LogP contribution in [0.25, 0.3) is 76.8 Å². The van der Waals surface area contributed by atoms with E-state index in [2.05, 4.69) is 0 Å². The molecule has 0 fully saturated rings. The molecule has 0 atom stereocenters. The highest BCUT2D eigenvalue weighted by Gasteiger charge is 2.23. The summed E-state index contributed by atoms with van der Waals surface area (Å²) in [6.07, 6.45) is 0. The van der Waals surface area contributed by atoms with Crippen molar-refractivity contribution in [3.63, 3.8) is 0 Å². The van der Waals surface area contributed by atoms with Crippen molar-refractivity contribution in [1.29, 1.82) is 0 Å². The lowest BCUT2D eigenvalue weighted by Gasteiger charge is -2.24. The summed E-state index contributed by atoms with van der Waals surface area (Å²) in [6, 6.07) is -21.2. The van der Waals surface area contributed by atoms with Crippen LogP contribution in [-0.4, -0.2) is 0 Å². The standard InChI is InChI=1S/C42H26O/c1-2-12-27(13-3-1)28-14-10-15-29(26-28)40-32-17-4-6-19-34(32)41(35-20-7-5-18-33(35)40)37-24-25-39-42-31(21-11-22-36(37)42)30-16-8-9-23-38(30)43-39/h1-26H/i1D,2D,3D,4D,5D,6D,7D,8D,9D,10D,11D,12D,13D,14D,15D,16D,17D,18D,19D,20D,21D,22D,24D,25D,26D. The highest BCUT2D eigenvalue weighted by atomic mass is 16.5. The van der Waals surface area contributed by atoms with Crippen LogP contribution in [-0.2, 0) is 0 Å². The second-order valence-corrected chi connectivity index (χ2v) is 9.33. The fourth-order valence-electron chi connectivity index (χ4n) is 5.32. The van der Waals surface area contributed by atoms with Crippen molar-refractivity contribution >= 4 is 32.3 Å². The van der Waals surface area contributed by atoms with E-state index in [0.717, 1.165) is 6.07 Å². The van der Waals surface area contributed by atoms with Crippen LogP contribution in [0.5, 0.6) is 11.5 Å². The summed E-state index contributed by atoms with van der Waals surface area (Å²) in [5.41, 5.74) is -5.12. The molecule has 0 spiro atoms. The molecule has 0 bridgehead atoms. The van der Waals surface area contributed by atoms with Crippen molar-refractivity contribution in [2.24, 2.45) is 0 Å². The minimum absolute atomic E-state index is 0.299. The molecule has 0 aromatic heterocycles. The molecule has 0 radical (unpaired) electrons. The molecule has 1 aliphatic rings. The van der Waals surface area contributed by atoms with Gasteiger partial charge in [-0.15, -0.1) is 0 Å². The highest BCUT2D eigenvalue weighted by molar-refractivity contribution is 6.24. The van der Waals surface area contributed by atoms with Gasteiger partial charge in [0.05, 0.1) is 34.3 Å². The molecule has 0 saturated heterocycles. The average molecular weight is 572 g/mol. The van der Waals surface area contributed by atoms with E-state index in [0.29, 0.717) is 0 Å². The van der Waals surface area contributed by atoms with Crippen molar-refractivity contribution in [3.05, 3.63) is 157 Å². The zero-order valence-electron chi connectivity index (χ0n) is 46.5. The number of rotatable bonds is 3.